The average molecular weight is 1500 g/mol. The van der Waals surface area contributed by atoms with Crippen LogP contribution >= 0.6 is 0 Å². The molecule has 572 valence electrons. The lowest BCUT2D eigenvalue weighted by molar-refractivity contribution is 1.03. The molecule has 0 spiro atoms. The van der Waals surface area contributed by atoms with E-state index in [0.717, 1.165) is 73.4 Å². The van der Waals surface area contributed by atoms with Gasteiger partial charge >= 0.3 is 0 Å². The predicted octanol–water partition coefficient (Wildman–Crippen LogP) is 23.2. The van der Waals surface area contributed by atoms with E-state index in [9.17, 15) is 0 Å². The molecule has 11 heterocycles. The molecule has 0 saturated heterocycles. The Balaban J connectivity index is 0.000000105. The Morgan fingerprint density at radius 3 is 1.25 bits per heavy atom. The van der Waals surface area contributed by atoms with Crippen LogP contribution in [0.1, 0.15) is 207 Å². The van der Waals surface area contributed by atoms with Crippen LogP contribution < -0.4 is 0 Å². The molecule has 7 aliphatic rings. The molecule has 21 rings (SSSR count). The zero-order valence-electron chi connectivity index (χ0n) is 71.1. The third-order valence-corrected chi connectivity index (χ3v) is 25.6. The Bertz CT molecular complexity index is 6290. The Morgan fingerprint density at radius 1 is 0.202 bits per heavy atom. The van der Waals surface area contributed by atoms with Gasteiger partial charge in [-0.05, 0) is 356 Å². The summed E-state index contributed by atoms with van der Waals surface area (Å²) < 4.78 is 0. The van der Waals surface area contributed by atoms with E-state index in [1.165, 1.54) is 257 Å². The number of hydrogen-bond donors (Lipinski definition) is 0. The molecule has 3 aromatic carbocycles. The molecular formula is C103H105N11. The van der Waals surface area contributed by atoms with E-state index in [2.05, 4.69) is 275 Å². The van der Waals surface area contributed by atoms with Crippen molar-refractivity contribution in [2.45, 2.75) is 204 Å². The molecule has 0 N–H and O–H groups in total. The molecular weight excluding hydrogens is 1390 g/mol. The van der Waals surface area contributed by atoms with E-state index in [0.29, 0.717) is 0 Å². The monoisotopic (exact) mass is 1500 g/mol. The summed E-state index contributed by atoms with van der Waals surface area (Å²) in [7, 11) is 0. The zero-order valence-corrected chi connectivity index (χ0v) is 71.1. The minimum absolute atomic E-state index is 0.930. The first-order valence-corrected chi connectivity index (χ1v) is 40.3. The second kappa shape index (κ2) is 31.0. The first-order chi connectivity index (χ1) is 54.5. The molecule has 11 aromatic heterocycles. The van der Waals surface area contributed by atoms with Crippen LogP contribution in [-0.4, -0.2) is 54.8 Å². The summed E-state index contributed by atoms with van der Waals surface area (Å²) in [6.45, 7) is 49.4. The van der Waals surface area contributed by atoms with E-state index in [-0.39, 0.29) is 0 Å². The molecule has 11 nitrogen and oxygen atoms in total. The average Bonchev–Trinajstić information content (AvgIpc) is 1.68. The largest absolute Gasteiger partial charge is 0.261 e. The molecule has 0 amide bonds. The maximum Gasteiger partial charge on any atom is 0.0529 e. The molecule has 0 saturated carbocycles. The Hall–Kier alpha value is -11.7. The van der Waals surface area contributed by atoms with E-state index in [1.807, 2.05) is 74.1 Å². The van der Waals surface area contributed by atoms with Crippen LogP contribution in [0, 0.1) is 159 Å². The summed E-state index contributed by atoms with van der Waals surface area (Å²) in [4.78, 5) is 49.5. The van der Waals surface area contributed by atoms with Gasteiger partial charge in [0.1, 0.15) is 0 Å². The fourth-order valence-electron chi connectivity index (χ4n) is 18.0. The summed E-state index contributed by atoms with van der Waals surface area (Å²) in [5.41, 5.74) is 66.9. The molecule has 0 aliphatic heterocycles. The molecule has 0 radical (unpaired) electrons. The van der Waals surface area contributed by atoms with E-state index < -0.39 is 0 Å². The summed E-state index contributed by atoms with van der Waals surface area (Å²) >= 11 is 0. The zero-order chi connectivity index (χ0) is 80.7. The number of aryl methyl sites for hydroxylation is 15. The lowest BCUT2D eigenvalue weighted by atomic mass is 9.96. The number of nitrogens with zero attached hydrogens (tertiary/aromatic N) is 11. The highest BCUT2D eigenvalue weighted by Crippen LogP contribution is 2.47. The van der Waals surface area contributed by atoms with E-state index in [4.69, 9.17) is 0 Å². The number of rotatable bonds is 0. The third kappa shape index (κ3) is 14.2. The van der Waals surface area contributed by atoms with E-state index >= 15 is 0 Å². The van der Waals surface area contributed by atoms with Gasteiger partial charge in [0.15, 0.2) is 0 Å². The number of pyridine rings is 11. The van der Waals surface area contributed by atoms with Gasteiger partial charge in [0.05, 0.1) is 39.9 Å². The maximum atomic E-state index is 4.61. The van der Waals surface area contributed by atoms with Crippen molar-refractivity contribution in [2.75, 3.05) is 0 Å². The van der Waals surface area contributed by atoms with Gasteiger partial charge in [-0.25, -0.2) is 0 Å². The number of hydrogen-bond acceptors (Lipinski definition) is 11. The number of benzene rings is 3. The van der Waals surface area contributed by atoms with Crippen LogP contribution in [0.15, 0.2) is 135 Å². The second-order valence-corrected chi connectivity index (χ2v) is 33.0. The summed E-state index contributed by atoms with van der Waals surface area (Å²) in [5.74, 6) is 0. The molecule has 7 aliphatic carbocycles. The Kier molecular flexibility index (Phi) is 21.1. The lowest BCUT2D eigenvalue weighted by Gasteiger charge is -2.10. The van der Waals surface area contributed by atoms with Crippen LogP contribution in [0.2, 0.25) is 0 Å². The first kappa shape index (κ1) is 77.6. The van der Waals surface area contributed by atoms with Gasteiger partial charge < -0.3 is 0 Å². The highest BCUT2D eigenvalue weighted by atomic mass is 14.8. The highest BCUT2D eigenvalue weighted by molar-refractivity contribution is 5.85. The molecule has 0 unspecified atom stereocenters. The Morgan fingerprint density at radius 2 is 0.640 bits per heavy atom. The number of fused-ring (bicyclic) bond motifs is 21. The van der Waals surface area contributed by atoms with Crippen LogP contribution in [-0.2, 0) is 44.9 Å². The smallest absolute Gasteiger partial charge is 0.0529 e. The molecule has 114 heavy (non-hydrogen) atoms. The van der Waals surface area contributed by atoms with Gasteiger partial charge in [0.25, 0.3) is 0 Å². The summed E-state index contributed by atoms with van der Waals surface area (Å²) in [6, 6.07) is 26.4. The van der Waals surface area contributed by atoms with Gasteiger partial charge in [-0.2, -0.15) is 0 Å². The topological polar surface area (TPSA) is 142 Å². The van der Waals surface area contributed by atoms with Crippen molar-refractivity contribution in [1.29, 1.82) is 0 Å². The van der Waals surface area contributed by atoms with E-state index in [1.54, 1.807) is 0 Å². The van der Waals surface area contributed by atoms with Crippen LogP contribution in [0.5, 0.6) is 0 Å². The maximum absolute atomic E-state index is 4.61. The molecule has 0 atom stereocenters. The summed E-state index contributed by atoms with van der Waals surface area (Å²) in [6.07, 6.45) is 26.3. The summed E-state index contributed by atoms with van der Waals surface area (Å²) in [5, 5.41) is 0. The highest BCUT2D eigenvalue weighted by Gasteiger charge is 2.31. The molecule has 0 fully saturated rings. The van der Waals surface area contributed by atoms with Crippen molar-refractivity contribution in [3.63, 3.8) is 0 Å². The third-order valence-electron chi connectivity index (χ3n) is 25.6. The van der Waals surface area contributed by atoms with Crippen molar-refractivity contribution in [1.82, 2.24) is 54.8 Å². The van der Waals surface area contributed by atoms with Crippen molar-refractivity contribution in [2.24, 2.45) is 0 Å². The Labute approximate surface area is 675 Å². The van der Waals surface area contributed by atoms with Crippen LogP contribution in [0.3, 0.4) is 0 Å². The van der Waals surface area contributed by atoms with Crippen LogP contribution in [0.25, 0.3) is 77.9 Å². The quantitative estimate of drug-likeness (QED) is 0.143. The minimum Gasteiger partial charge on any atom is -0.261 e. The van der Waals surface area contributed by atoms with Gasteiger partial charge in [0, 0.05) is 174 Å². The molecule has 14 aromatic rings. The second-order valence-electron chi connectivity index (χ2n) is 33.0. The lowest BCUT2D eigenvalue weighted by Crippen LogP contribution is -1.97. The van der Waals surface area contributed by atoms with Crippen molar-refractivity contribution in [3.8, 4) is 77.9 Å². The number of aromatic nitrogens is 11. The SMILES string of the molecule is Cc1cc(C)c2c(c1)-c1c(ncc(C)c1C)C2.Cc1cc2c(cc1C)-c1c(ncc(C)c1C)C2.Cc1ccc2c(c1C)Cc1ncc(C)c(C)c1-2.Cc1ccnc2c1-c1c(cnc(C)c1C)C2.Cc1cnc2c(c1)-c1c(cnc(C)c1C)C2.Cc1nc(C)c2c(c1C)-c1cccnc1C2.Cc1ncc2c(c1C)-c1cccnc1C2. The fourth-order valence-corrected chi connectivity index (χ4v) is 18.0. The van der Waals surface area contributed by atoms with Gasteiger partial charge in [-0.15, -0.1) is 0 Å². The van der Waals surface area contributed by atoms with Crippen LogP contribution in [0.4, 0.5) is 0 Å². The van der Waals surface area contributed by atoms with Crippen molar-refractivity contribution < 1.29 is 0 Å². The van der Waals surface area contributed by atoms with Crippen molar-refractivity contribution >= 4 is 0 Å². The normalized spacial score (nSPS) is 12.4. The molecule has 11 heteroatoms. The van der Waals surface area contributed by atoms with Gasteiger partial charge in [0.2, 0.25) is 0 Å². The van der Waals surface area contributed by atoms with Crippen molar-refractivity contribution in [3.05, 3.63) is 342 Å². The standard InChI is InChI=1S/3C16H17N.3C14H14N2.C13H12N2/c1-9-5-13-7-15-16(14(13)6-10(9)2)12(4)11(3)8-17-15;1-9-5-10(2)13-7-15-16(14(13)6-9)12(4)11(3)8-17-15;1-9-5-6-13-14(11(9)3)7-15-16(13)12(4)10(2)8-17-15;1-8-4-12-13(16-6-8)5-11-7-15-10(3)9(2)14(11)12;1-8-4-5-15-12-6-11-7-16-10(3)9(2)14(11)13(8)12;1-8-9(2)16-10(3)12-7-13-11(14(8)12)5-4-6-15-13;1-8-9(2)15-7-10-6-12-11(13(8)10)4-3-5-14-12/h3*5-6,8H,7H2,1-4H3;4,6-7H,5H2,1-3H3;4-5,7H,6H2,1-3H3;4-6H,7H2,1-3H3;3-5,7H,6H2,1-2H3. The fraction of sp³-hybridized carbons (Fsp3) is 0.291. The van der Waals surface area contributed by atoms with Gasteiger partial charge in [-0.1, -0.05) is 54.1 Å². The first-order valence-electron chi connectivity index (χ1n) is 40.3. The predicted molar refractivity (Wildman–Crippen MR) is 467 cm³/mol. The van der Waals surface area contributed by atoms with Gasteiger partial charge in [-0.3, -0.25) is 54.8 Å². The molecule has 0 bridgehead atoms. The minimum atomic E-state index is 0.930.